The van der Waals surface area contributed by atoms with E-state index in [1.54, 1.807) is 12.5 Å². The van der Waals surface area contributed by atoms with Gasteiger partial charge in [-0.05, 0) is 32.8 Å². The molecule has 10 heteroatoms. The van der Waals surface area contributed by atoms with Crippen LogP contribution in [0.5, 0.6) is 0 Å². The van der Waals surface area contributed by atoms with E-state index in [-0.39, 0.29) is 17.6 Å². The summed E-state index contributed by atoms with van der Waals surface area (Å²) in [5.41, 5.74) is 8.11. The van der Waals surface area contributed by atoms with Crippen LogP contribution >= 0.6 is 23.4 Å². The first-order valence-electron chi connectivity index (χ1n) is 10.1. The maximum atomic E-state index is 6.46. The van der Waals surface area contributed by atoms with E-state index in [9.17, 15) is 0 Å². The number of pyridine rings is 1. The molecule has 5 rings (SSSR count). The maximum absolute atomic E-state index is 6.46. The third-order valence-electron chi connectivity index (χ3n) is 6.42. The zero-order valence-corrected chi connectivity index (χ0v) is 18.5. The fourth-order valence-corrected chi connectivity index (χ4v) is 5.61. The maximum Gasteiger partial charge on any atom is 0.212 e. The third kappa shape index (κ3) is 3.24. The normalized spacial score (nSPS) is 23.5. The van der Waals surface area contributed by atoms with Crippen molar-refractivity contribution in [2.24, 2.45) is 11.1 Å². The second kappa shape index (κ2) is 7.64. The van der Waals surface area contributed by atoms with Gasteiger partial charge in [0, 0.05) is 41.8 Å². The molecule has 0 saturated carbocycles. The van der Waals surface area contributed by atoms with Crippen molar-refractivity contribution < 1.29 is 4.74 Å². The van der Waals surface area contributed by atoms with Crippen LogP contribution in [0.25, 0.3) is 5.65 Å². The molecule has 3 aromatic rings. The molecule has 2 saturated heterocycles. The van der Waals surface area contributed by atoms with Gasteiger partial charge in [-0.3, -0.25) is 4.98 Å². The SMILES string of the molecule is Cc1nccc(Sc2cnc(N3CCC4(CC3)CO[C@H](C)[C@H]4N)n3cnnc23)c1Cl. The van der Waals surface area contributed by atoms with Gasteiger partial charge in [0.1, 0.15) is 6.33 Å². The van der Waals surface area contributed by atoms with Gasteiger partial charge in [0.25, 0.3) is 0 Å². The molecule has 0 radical (unpaired) electrons. The Balaban J connectivity index is 1.40. The Morgan fingerprint density at radius 3 is 2.80 bits per heavy atom. The highest BCUT2D eigenvalue weighted by Crippen LogP contribution is 2.42. The number of hydrogen-bond acceptors (Lipinski definition) is 8. The average Bonchev–Trinajstić information content (AvgIpc) is 3.35. The summed E-state index contributed by atoms with van der Waals surface area (Å²) >= 11 is 7.95. The molecule has 1 spiro atoms. The molecule has 8 nitrogen and oxygen atoms in total. The highest BCUT2D eigenvalue weighted by atomic mass is 35.5. The van der Waals surface area contributed by atoms with E-state index >= 15 is 0 Å². The van der Waals surface area contributed by atoms with Gasteiger partial charge in [0.2, 0.25) is 5.95 Å². The van der Waals surface area contributed by atoms with Crippen molar-refractivity contribution in [3.05, 3.63) is 35.5 Å². The van der Waals surface area contributed by atoms with Gasteiger partial charge in [0.15, 0.2) is 5.65 Å². The standard InChI is InChI=1S/C20H24ClN7OS/c1-12-16(21)14(3-6-23-12)30-15-9-24-19(28-11-25-26-18(15)28)27-7-4-20(5-8-27)10-29-13(2)17(20)22/h3,6,9,11,13,17H,4-5,7-8,10,22H2,1-2H3/t13-,17-/m1/s1. The first-order chi connectivity index (χ1) is 14.5. The first-order valence-corrected chi connectivity index (χ1v) is 11.3. The van der Waals surface area contributed by atoms with Gasteiger partial charge in [-0.1, -0.05) is 23.4 Å². The third-order valence-corrected chi connectivity index (χ3v) is 8.07. The molecule has 0 amide bonds. The van der Waals surface area contributed by atoms with Crippen LogP contribution < -0.4 is 10.6 Å². The average molecular weight is 446 g/mol. The number of ether oxygens (including phenoxy) is 1. The number of aromatic nitrogens is 5. The van der Waals surface area contributed by atoms with Crippen molar-refractivity contribution in [2.45, 2.75) is 48.6 Å². The molecule has 30 heavy (non-hydrogen) atoms. The van der Waals surface area contributed by atoms with Crippen molar-refractivity contribution >= 4 is 35.0 Å². The topological polar surface area (TPSA) is 94.5 Å². The van der Waals surface area contributed by atoms with Crippen LogP contribution in [0.1, 0.15) is 25.5 Å². The second-order valence-electron chi connectivity index (χ2n) is 8.15. The molecule has 0 bridgehead atoms. The monoisotopic (exact) mass is 445 g/mol. The fourth-order valence-electron chi connectivity index (χ4n) is 4.44. The number of fused-ring (bicyclic) bond motifs is 1. The molecule has 2 atom stereocenters. The first kappa shape index (κ1) is 20.0. The van der Waals surface area contributed by atoms with Crippen LogP contribution in [0.3, 0.4) is 0 Å². The van der Waals surface area contributed by atoms with Crippen molar-refractivity contribution in [3.63, 3.8) is 0 Å². The summed E-state index contributed by atoms with van der Waals surface area (Å²) in [7, 11) is 0. The minimum atomic E-state index is 0.0773. The fraction of sp³-hybridized carbons (Fsp3) is 0.500. The molecule has 2 N–H and O–H groups in total. The summed E-state index contributed by atoms with van der Waals surface area (Å²) in [6.07, 6.45) is 7.44. The highest BCUT2D eigenvalue weighted by molar-refractivity contribution is 7.99. The molecule has 3 aromatic heterocycles. The predicted octanol–water partition coefficient (Wildman–Crippen LogP) is 2.96. The molecule has 2 aliphatic heterocycles. The number of piperidine rings is 1. The smallest absolute Gasteiger partial charge is 0.212 e. The summed E-state index contributed by atoms with van der Waals surface area (Å²) in [5.74, 6) is 0.853. The van der Waals surface area contributed by atoms with E-state index in [1.807, 2.05) is 23.6 Å². The summed E-state index contributed by atoms with van der Waals surface area (Å²) in [5, 5.41) is 9.13. The molecule has 5 heterocycles. The lowest BCUT2D eigenvalue weighted by Gasteiger charge is -2.41. The Labute approximate surface area is 184 Å². The number of hydrogen-bond donors (Lipinski definition) is 1. The van der Waals surface area contributed by atoms with Crippen LogP contribution in [0.15, 0.2) is 34.6 Å². The van der Waals surface area contributed by atoms with Gasteiger partial charge < -0.3 is 15.4 Å². The van der Waals surface area contributed by atoms with Gasteiger partial charge in [-0.25, -0.2) is 9.38 Å². The Hall–Kier alpha value is -1.94. The van der Waals surface area contributed by atoms with Gasteiger partial charge >= 0.3 is 0 Å². The van der Waals surface area contributed by atoms with E-state index in [0.29, 0.717) is 5.02 Å². The van der Waals surface area contributed by atoms with Crippen LogP contribution in [0, 0.1) is 12.3 Å². The molecule has 2 aliphatic rings. The van der Waals surface area contributed by atoms with Crippen molar-refractivity contribution in [1.29, 1.82) is 0 Å². The minimum absolute atomic E-state index is 0.0773. The molecule has 0 unspecified atom stereocenters. The summed E-state index contributed by atoms with van der Waals surface area (Å²) < 4.78 is 7.80. The summed E-state index contributed by atoms with van der Waals surface area (Å²) in [6, 6.07) is 1.99. The zero-order valence-electron chi connectivity index (χ0n) is 17.0. The number of nitrogens with two attached hydrogens (primary N) is 1. The van der Waals surface area contributed by atoms with Crippen LogP contribution in [0.2, 0.25) is 5.02 Å². The molecule has 158 valence electrons. The van der Waals surface area contributed by atoms with E-state index in [2.05, 4.69) is 27.0 Å². The van der Waals surface area contributed by atoms with E-state index in [0.717, 1.165) is 59.6 Å². The quantitative estimate of drug-likeness (QED) is 0.657. The van der Waals surface area contributed by atoms with E-state index in [1.165, 1.54) is 11.8 Å². The zero-order chi connectivity index (χ0) is 20.9. The number of anilines is 1. The number of aryl methyl sites for hydroxylation is 1. The van der Waals surface area contributed by atoms with E-state index in [4.69, 9.17) is 27.1 Å². The molecular weight excluding hydrogens is 422 g/mol. The lowest BCUT2D eigenvalue weighted by Crippen LogP contribution is -2.51. The molecule has 0 aliphatic carbocycles. The van der Waals surface area contributed by atoms with Gasteiger partial charge in [-0.15, -0.1) is 10.2 Å². The van der Waals surface area contributed by atoms with Crippen molar-refractivity contribution in [3.8, 4) is 0 Å². The van der Waals surface area contributed by atoms with E-state index < -0.39 is 0 Å². The van der Waals surface area contributed by atoms with Gasteiger partial charge in [0.05, 0.1) is 28.3 Å². The number of halogens is 1. The van der Waals surface area contributed by atoms with Crippen LogP contribution in [0.4, 0.5) is 5.95 Å². The lowest BCUT2D eigenvalue weighted by atomic mass is 9.73. The van der Waals surface area contributed by atoms with Gasteiger partial charge in [-0.2, -0.15) is 0 Å². The minimum Gasteiger partial charge on any atom is -0.376 e. The Bertz CT molecular complexity index is 1080. The van der Waals surface area contributed by atoms with Crippen molar-refractivity contribution in [2.75, 3.05) is 24.6 Å². The number of nitrogens with zero attached hydrogens (tertiary/aromatic N) is 6. The summed E-state index contributed by atoms with van der Waals surface area (Å²) in [4.78, 5) is 13.1. The molecular formula is C20H24ClN7OS. The summed E-state index contributed by atoms with van der Waals surface area (Å²) in [6.45, 7) is 6.48. The molecule has 2 fully saturated rings. The molecule has 0 aromatic carbocycles. The predicted molar refractivity (Wildman–Crippen MR) is 116 cm³/mol. The van der Waals surface area contributed by atoms with Crippen molar-refractivity contribution in [1.82, 2.24) is 24.6 Å². The second-order valence-corrected chi connectivity index (χ2v) is 9.61. The lowest BCUT2D eigenvalue weighted by molar-refractivity contribution is 0.0973. The largest absolute Gasteiger partial charge is 0.376 e. The highest BCUT2D eigenvalue weighted by Gasteiger charge is 2.47. The Kier molecular flexibility index (Phi) is 5.09. The van der Waals surface area contributed by atoms with Crippen LogP contribution in [-0.2, 0) is 4.74 Å². The van der Waals surface area contributed by atoms with Crippen LogP contribution in [-0.4, -0.2) is 56.4 Å². The Morgan fingerprint density at radius 1 is 1.27 bits per heavy atom. The Morgan fingerprint density at radius 2 is 2.07 bits per heavy atom. The number of rotatable bonds is 3.